The van der Waals surface area contributed by atoms with Crippen LogP contribution in [0, 0.1) is 0 Å². The van der Waals surface area contributed by atoms with Gasteiger partial charge in [0, 0.05) is 40.2 Å². The summed E-state index contributed by atoms with van der Waals surface area (Å²) in [5.74, 6) is 0. The number of halogens is 2. The highest BCUT2D eigenvalue weighted by molar-refractivity contribution is 9.10. The molecule has 5 aromatic rings. The summed E-state index contributed by atoms with van der Waals surface area (Å²) in [5.41, 5.74) is 5.18. The van der Waals surface area contributed by atoms with E-state index < -0.39 is 0 Å². The minimum absolute atomic E-state index is 1.10. The van der Waals surface area contributed by atoms with Crippen LogP contribution in [-0.4, -0.2) is 0 Å². The van der Waals surface area contributed by atoms with Crippen molar-refractivity contribution >= 4 is 74.7 Å². The molecule has 2 aromatic heterocycles. The molecule has 26 heavy (non-hydrogen) atoms. The van der Waals surface area contributed by atoms with Gasteiger partial charge in [0.2, 0.25) is 0 Å². The van der Waals surface area contributed by atoms with E-state index in [4.69, 9.17) is 0 Å². The zero-order valence-corrected chi connectivity index (χ0v) is 18.3. The Labute approximate surface area is 176 Å². The van der Waals surface area contributed by atoms with E-state index in [1.165, 1.54) is 42.4 Å². The lowest BCUT2D eigenvalue weighted by Crippen LogP contribution is -1.87. The van der Waals surface area contributed by atoms with Crippen molar-refractivity contribution in [1.29, 1.82) is 0 Å². The fourth-order valence-corrected chi connectivity index (χ4v) is 5.94. The minimum Gasteiger partial charge on any atom is -0.143 e. The van der Waals surface area contributed by atoms with Crippen molar-refractivity contribution in [1.82, 2.24) is 0 Å². The predicted octanol–water partition coefficient (Wildman–Crippen LogP) is 8.97. The number of fused-ring (bicyclic) bond motifs is 3. The smallest absolute Gasteiger partial charge is 0.0434 e. The zero-order chi connectivity index (χ0) is 17.7. The maximum atomic E-state index is 3.56. The third-order valence-corrected chi connectivity index (χ3v) is 7.51. The van der Waals surface area contributed by atoms with Crippen molar-refractivity contribution in [3.63, 3.8) is 0 Å². The summed E-state index contributed by atoms with van der Waals surface area (Å²) in [7, 11) is 0. The molecule has 0 N–H and O–H groups in total. The molecule has 0 saturated heterocycles. The van der Waals surface area contributed by atoms with Crippen LogP contribution in [0.5, 0.6) is 0 Å². The van der Waals surface area contributed by atoms with Crippen molar-refractivity contribution in [2.75, 3.05) is 0 Å². The number of hydrogen-bond acceptors (Lipinski definition) is 2. The molecule has 0 nitrogen and oxygen atoms in total. The molecule has 4 heteroatoms. The molecular formula is C22H12Br2S2. The first kappa shape index (κ1) is 16.7. The summed E-state index contributed by atoms with van der Waals surface area (Å²) in [6, 6.07) is 21.8. The summed E-state index contributed by atoms with van der Waals surface area (Å²) < 4.78 is 4.92. The number of hydrogen-bond donors (Lipinski definition) is 0. The molecule has 0 atom stereocenters. The first-order valence-corrected chi connectivity index (χ1v) is 11.5. The summed E-state index contributed by atoms with van der Waals surface area (Å²) in [6.45, 7) is 0. The average molecular weight is 500 g/mol. The molecule has 5 rings (SSSR count). The molecule has 0 aliphatic rings. The normalized spacial score (nSPS) is 11.5. The minimum atomic E-state index is 1.10. The Hall–Kier alpha value is -1.46. The van der Waals surface area contributed by atoms with E-state index >= 15 is 0 Å². The van der Waals surface area contributed by atoms with Crippen molar-refractivity contribution < 1.29 is 0 Å². The lowest BCUT2D eigenvalue weighted by atomic mass is 9.92. The molecule has 0 spiro atoms. The van der Waals surface area contributed by atoms with E-state index in [0.29, 0.717) is 0 Å². The second-order valence-electron chi connectivity index (χ2n) is 6.09. The van der Waals surface area contributed by atoms with Gasteiger partial charge in [-0.25, -0.2) is 0 Å². The van der Waals surface area contributed by atoms with Gasteiger partial charge in [0.15, 0.2) is 0 Å². The van der Waals surface area contributed by atoms with Crippen LogP contribution in [0.3, 0.4) is 0 Å². The lowest BCUT2D eigenvalue weighted by Gasteiger charge is -2.14. The summed E-state index contributed by atoms with van der Waals surface area (Å²) in [5, 5.41) is 7.11. The van der Waals surface area contributed by atoms with E-state index in [0.717, 1.165) is 8.95 Å². The number of rotatable bonds is 2. The van der Waals surface area contributed by atoms with Crippen molar-refractivity contribution in [3.8, 4) is 22.3 Å². The van der Waals surface area contributed by atoms with Gasteiger partial charge in [0.25, 0.3) is 0 Å². The Morgan fingerprint density at radius 2 is 0.885 bits per heavy atom. The van der Waals surface area contributed by atoms with E-state index in [1.807, 2.05) is 22.7 Å². The molecule has 126 valence electrons. The van der Waals surface area contributed by atoms with Gasteiger partial charge in [0.1, 0.15) is 0 Å². The Kier molecular flexibility index (Phi) is 4.24. The predicted molar refractivity (Wildman–Crippen MR) is 123 cm³/mol. The van der Waals surface area contributed by atoms with Crippen molar-refractivity contribution in [2.45, 2.75) is 0 Å². The SMILES string of the molecule is Brc1ccc(-c2c(-c3ccc(Br)cc3)c3sccc3c3ccsc23)cc1. The molecule has 0 saturated carbocycles. The van der Waals surface area contributed by atoms with Crippen LogP contribution in [0.2, 0.25) is 0 Å². The fraction of sp³-hybridized carbons (Fsp3) is 0. The highest BCUT2D eigenvalue weighted by Crippen LogP contribution is 2.48. The Morgan fingerprint density at radius 1 is 0.500 bits per heavy atom. The van der Waals surface area contributed by atoms with Gasteiger partial charge in [-0.3, -0.25) is 0 Å². The van der Waals surface area contributed by atoms with Gasteiger partial charge < -0.3 is 0 Å². The summed E-state index contributed by atoms with van der Waals surface area (Å²) in [6.07, 6.45) is 0. The second kappa shape index (κ2) is 6.61. The highest BCUT2D eigenvalue weighted by atomic mass is 79.9. The van der Waals surface area contributed by atoms with Crippen LogP contribution in [0.15, 0.2) is 80.4 Å². The molecular weight excluding hydrogens is 488 g/mol. The van der Waals surface area contributed by atoms with Gasteiger partial charge in [0.05, 0.1) is 0 Å². The Bertz CT molecular complexity index is 1130. The third kappa shape index (κ3) is 2.67. The standard InChI is InChI=1S/C22H12Br2S2/c23-15-5-1-13(2-6-15)19-20(14-3-7-16(24)8-4-14)22-18(10-12-26-22)17-9-11-25-21(17)19/h1-12H. The zero-order valence-electron chi connectivity index (χ0n) is 13.5. The third-order valence-electron chi connectivity index (χ3n) is 4.59. The van der Waals surface area contributed by atoms with Crippen molar-refractivity contribution in [3.05, 3.63) is 80.4 Å². The molecule has 0 bridgehead atoms. The van der Waals surface area contributed by atoms with Crippen LogP contribution in [-0.2, 0) is 0 Å². The first-order chi connectivity index (χ1) is 12.7. The van der Waals surface area contributed by atoms with Gasteiger partial charge in [-0.2, -0.15) is 0 Å². The van der Waals surface area contributed by atoms with Crippen molar-refractivity contribution in [2.24, 2.45) is 0 Å². The topological polar surface area (TPSA) is 0 Å². The van der Waals surface area contributed by atoms with E-state index in [1.54, 1.807) is 0 Å². The van der Waals surface area contributed by atoms with Gasteiger partial charge in [-0.05, 0) is 58.3 Å². The molecule has 0 radical (unpaired) electrons. The molecule has 0 fully saturated rings. The number of benzene rings is 3. The summed E-state index contributed by atoms with van der Waals surface area (Å²) in [4.78, 5) is 0. The maximum Gasteiger partial charge on any atom is 0.0434 e. The lowest BCUT2D eigenvalue weighted by molar-refractivity contribution is 1.61. The largest absolute Gasteiger partial charge is 0.143 e. The van der Waals surface area contributed by atoms with Crippen LogP contribution in [0.4, 0.5) is 0 Å². The quantitative estimate of drug-likeness (QED) is 0.227. The van der Waals surface area contributed by atoms with E-state index in [-0.39, 0.29) is 0 Å². The monoisotopic (exact) mass is 498 g/mol. The maximum absolute atomic E-state index is 3.56. The Balaban J connectivity index is 1.96. The average Bonchev–Trinajstić information content (AvgIpc) is 3.31. The fourth-order valence-electron chi connectivity index (χ4n) is 3.44. The molecule has 0 aliphatic carbocycles. The molecule has 3 aromatic carbocycles. The molecule has 0 unspecified atom stereocenters. The summed E-state index contributed by atoms with van der Waals surface area (Å²) >= 11 is 10.8. The van der Waals surface area contributed by atoms with Gasteiger partial charge in [-0.15, -0.1) is 22.7 Å². The number of thiophene rings is 2. The molecule has 0 amide bonds. The van der Waals surface area contributed by atoms with Crippen LogP contribution in [0.1, 0.15) is 0 Å². The second-order valence-corrected chi connectivity index (χ2v) is 9.75. The Morgan fingerprint density at radius 3 is 1.27 bits per heavy atom. The molecule has 0 aliphatic heterocycles. The highest BCUT2D eigenvalue weighted by Gasteiger charge is 2.19. The van der Waals surface area contributed by atoms with E-state index in [9.17, 15) is 0 Å². The molecule has 2 heterocycles. The van der Waals surface area contributed by atoms with E-state index in [2.05, 4.69) is 103 Å². The van der Waals surface area contributed by atoms with Gasteiger partial charge in [-0.1, -0.05) is 56.1 Å². The van der Waals surface area contributed by atoms with Gasteiger partial charge >= 0.3 is 0 Å². The van der Waals surface area contributed by atoms with Crippen LogP contribution < -0.4 is 0 Å². The van der Waals surface area contributed by atoms with Crippen LogP contribution >= 0.6 is 54.5 Å². The first-order valence-electron chi connectivity index (χ1n) is 8.14. The van der Waals surface area contributed by atoms with Crippen LogP contribution in [0.25, 0.3) is 42.4 Å².